The van der Waals surface area contributed by atoms with E-state index in [1.807, 2.05) is 0 Å². The van der Waals surface area contributed by atoms with Gasteiger partial charge in [0.2, 0.25) is 0 Å². The van der Waals surface area contributed by atoms with Gasteiger partial charge in [0.25, 0.3) is 0 Å². The van der Waals surface area contributed by atoms with Crippen molar-refractivity contribution in [2.24, 2.45) is 0 Å². The molecule has 0 saturated heterocycles. The number of hydrogen-bond acceptors (Lipinski definition) is 4. The highest BCUT2D eigenvalue weighted by Crippen LogP contribution is 2.33. The predicted molar refractivity (Wildman–Crippen MR) is 121 cm³/mol. The van der Waals surface area contributed by atoms with Crippen LogP contribution in [-0.2, 0) is 10.5 Å². The molecule has 4 nitrogen and oxygen atoms in total. The molecule has 5 heteroatoms. The second-order valence-electron chi connectivity index (χ2n) is 8.58. The zero-order valence-electron chi connectivity index (χ0n) is 17.6. The fourth-order valence-corrected chi connectivity index (χ4v) is 6.85. The molecule has 2 aromatic carbocycles. The summed E-state index contributed by atoms with van der Waals surface area (Å²) in [5.74, 6) is 1.42. The maximum atomic E-state index is 6.70. The van der Waals surface area contributed by atoms with Crippen molar-refractivity contribution in [1.29, 1.82) is 0 Å². The number of rotatable bonds is 6. The molecule has 29 heavy (non-hydrogen) atoms. The molecule has 0 radical (unpaired) electrons. The average Bonchev–Trinajstić information content (AvgIpc) is 2.74. The third-order valence-electron chi connectivity index (χ3n) is 5.76. The minimum absolute atomic E-state index is 0.437. The minimum Gasteiger partial charge on any atom is -0.494 e. The van der Waals surface area contributed by atoms with E-state index in [4.69, 9.17) is 9.16 Å². The molecule has 0 N–H and O–H groups in total. The Kier molecular flexibility index (Phi) is 5.97. The molecule has 0 bridgehead atoms. The van der Waals surface area contributed by atoms with Crippen LogP contribution in [0.5, 0.6) is 5.75 Å². The Morgan fingerprint density at radius 3 is 2.41 bits per heavy atom. The Hall–Kier alpha value is -2.24. The van der Waals surface area contributed by atoms with Gasteiger partial charge in [-0.25, -0.2) is 9.97 Å². The first kappa shape index (κ1) is 20.0. The van der Waals surface area contributed by atoms with Crippen LogP contribution in [0.2, 0.25) is 13.1 Å². The molecule has 1 saturated carbocycles. The lowest BCUT2D eigenvalue weighted by atomic mass is 9.98. The summed E-state index contributed by atoms with van der Waals surface area (Å²) in [6.45, 7) is 4.69. The van der Waals surface area contributed by atoms with Gasteiger partial charge in [0.1, 0.15) is 0 Å². The van der Waals surface area contributed by atoms with Gasteiger partial charge >= 0.3 is 0 Å². The van der Waals surface area contributed by atoms with Gasteiger partial charge < -0.3 is 9.16 Å². The minimum atomic E-state index is -1.88. The highest BCUT2D eigenvalue weighted by atomic mass is 28.4. The molecule has 1 heterocycles. The summed E-state index contributed by atoms with van der Waals surface area (Å²) in [7, 11) is -0.244. The van der Waals surface area contributed by atoms with Crippen molar-refractivity contribution in [2.45, 2.75) is 57.3 Å². The van der Waals surface area contributed by atoms with Gasteiger partial charge in [0, 0.05) is 11.7 Å². The first-order valence-corrected chi connectivity index (χ1v) is 13.7. The lowest BCUT2D eigenvalue weighted by Gasteiger charge is -2.32. The van der Waals surface area contributed by atoms with E-state index in [0.29, 0.717) is 11.9 Å². The molecule has 0 atom stereocenters. The van der Waals surface area contributed by atoms with Crippen LogP contribution in [0.1, 0.15) is 37.7 Å². The SMILES string of the molecule is COc1cnc(-c2c(C[Si](C)(C)OC3CCCCC3)ccc3ccccc23)nc1. The normalized spacial score (nSPS) is 15.6. The molecule has 0 aliphatic heterocycles. The average molecular weight is 407 g/mol. The van der Waals surface area contributed by atoms with Crippen molar-refractivity contribution >= 4 is 19.1 Å². The van der Waals surface area contributed by atoms with Gasteiger partial charge in [-0.1, -0.05) is 55.7 Å². The van der Waals surface area contributed by atoms with Crippen molar-refractivity contribution in [3.8, 4) is 17.1 Å². The number of ether oxygens (including phenoxy) is 1. The Balaban J connectivity index is 1.71. The number of methoxy groups -OCH3 is 1. The molecule has 1 aliphatic carbocycles. The maximum Gasteiger partial charge on any atom is 0.191 e. The largest absolute Gasteiger partial charge is 0.494 e. The van der Waals surface area contributed by atoms with E-state index in [9.17, 15) is 0 Å². The van der Waals surface area contributed by atoms with Gasteiger partial charge in [-0.15, -0.1) is 0 Å². The second-order valence-corrected chi connectivity index (χ2v) is 12.7. The Bertz CT molecular complexity index is 966. The van der Waals surface area contributed by atoms with E-state index in [1.54, 1.807) is 19.5 Å². The van der Waals surface area contributed by atoms with Gasteiger partial charge in [-0.3, -0.25) is 0 Å². The van der Waals surface area contributed by atoms with E-state index in [-0.39, 0.29) is 0 Å². The van der Waals surface area contributed by atoms with Crippen LogP contribution in [0.25, 0.3) is 22.2 Å². The topological polar surface area (TPSA) is 44.2 Å². The Morgan fingerprint density at radius 2 is 1.69 bits per heavy atom. The Labute approximate surface area is 174 Å². The monoisotopic (exact) mass is 406 g/mol. The fourth-order valence-electron chi connectivity index (χ4n) is 4.41. The number of hydrogen-bond donors (Lipinski definition) is 0. The lowest BCUT2D eigenvalue weighted by molar-refractivity contribution is 0.145. The van der Waals surface area contributed by atoms with E-state index >= 15 is 0 Å². The number of nitrogens with zero attached hydrogens (tertiary/aromatic N) is 2. The summed E-state index contributed by atoms with van der Waals surface area (Å²) in [5.41, 5.74) is 2.40. The molecule has 1 aromatic heterocycles. The van der Waals surface area contributed by atoms with Crippen LogP contribution in [0.4, 0.5) is 0 Å². The van der Waals surface area contributed by atoms with Crippen molar-refractivity contribution in [3.63, 3.8) is 0 Å². The van der Waals surface area contributed by atoms with Gasteiger partial charge in [-0.2, -0.15) is 0 Å². The van der Waals surface area contributed by atoms with Crippen molar-refractivity contribution < 1.29 is 9.16 Å². The van der Waals surface area contributed by atoms with Crippen LogP contribution >= 0.6 is 0 Å². The molecule has 0 unspecified atom stereocenters. The first-order valence-electron chi connectivity index (χ1n) is 10.6. The van der Waals surface area contributed by atoms with Crippen LogP contribution < -0.4 is 4.74 Å². The van der Waals surface area contributed by atoms with Crippen molar-refractivity contribution in [1.82, 2.24) is 9.97 Å². The third kappa shape index (κ3) is 4.68. The smallest absolute Gasteiger partial charge is 0.191 e. The molecule has 0 spiro atoms. The first-order chi connectivity index (χ1) is 14.1. The van der Waals surface area contributed by atoms with Gasteiger partial charge in [-0.05, 0) is 48.3 Å². The molecule has 1 aliphatic rings. The molecule has 152 valence electrons. The third-order valence-corrected chi connectivity index (χ3v) is 7.96. The van der Waals surface area contributed by atoms with E-state index in [1.165, 1.54) is 48.4 Å². The van der Waals surface area contributed by atoms with Crippen molar-refractivity contribution in [3.05, 3.63) is 54.4 Å². The van der Waals surface area contributed by atoms with Crippen LogP contribution in [0.15, 0.2) is 48.8 Å². The molecular formula is C24H30N2O2Si. The predicted octanol–water partition coefficient (Wildman–Crippen LogP) is 5.94. The second kappa shape index (κ2) is 8.64. The summed E-state index contributed by atoms with van der Waals surface area (Å²) >= 11 is 0. The van der Waals surface area contributed by atoms with E-state index in [2.05, 4.69) is 59.5 Å². The number of fused-ring (bicyclic) bond motifs is 1. The lowest BCUT2D eigenvalue weighted by Crippen LogP contribution is -2.39. The quantitative estimate of drug-likeness (QED) is 0.475. The van der Waals surface area contributed by atoms with Crippen LogP contribution in [0, 0.1) is 0 Å². The molecule has 1 fully saturated rings. The van der Waals surface area contributed by atoms with E-state index < -0.39 is 8.32 Å². The highest BCUT2D eigenvalue weighted by molar-refractivity contribution is 6.70. The summed E-state index contributed by atoms with van der Waals surface area (Å²) < 4.78 is 12.0. The van der Waals surface area contributed by atoms with Crippen LogP contribution in [-0.4, -0.2) is 31.5 Å². The highest BCUT2D eigenvalue weighted by Gasteiger charge is 2.29. The zero-order valence-corrected chi connectivity index (χ0v) is 18.6. The summed E-state index contributed by atoms with van der Waals surface area (Å²) in [6, 6.07) is 13.9. The standard InChI is InChI=1S/C24H30N2O2Si/c1-27-21-15-25-24(26-16-21)23-19(14-13-18-9-7-8-12-22(18)23)17-29(2,3)28-20-10-5-4-6-11-20/h7-9,12-16,20H,4-6,10-11,17H2,1-3H3. The van der Waals surface area contributed by atoms with Crippen molar-refractivity contribution in [2.75, 3.05) is 7.11 Å². The van der Waals surface area contributed by atoms with Gasteiger partial charge in [0.05, 0.1) is 19.5 Å². The summed E-state index contributed by atoms with van der Waals surface area (Å²) in [4.78, 5) is 9.23. The maximum absolute atomic E-state index is 6.70. The van der Waals surface area contributed by atoms with E-state index in [0.717, 1.165) is 17.4 Å². The summed E-state index contributed by atoms with van der Waals surface area (Å²) in [6.07, 6.45) is 10.3. The Morgan fingerprint density at radius 1 is 0.966 bits per heavy atom. The molecule has 4 rings (SSSR count). The van der Waals surface area contributed by atoms with Gasteiger partial charge in [0.15, 0.2) is 19.9 Å². The molecule has 0 amide bonds. The van der Waals surface area contributed by atoms with Crippen LogP contribution in [0.3, 0.4) is 0 Å². The zero-order chi connectivity index (χ0) is 20.3. The molecular weight excluding hydrogens is 376 g/mol. The fraction of sp³-hybridized carbons (Fsp3) is 0.417. The molecule has 3 aromatic rings. The summed E-state index contributed by atoms with van der Waals surface area (Å²) in [5, 5.41) is 2.40. The number of benzene rings is 2. The number of aromatic nitrogens is 2.